The van der Waals surface area contributed by atoms with Crippen molar-refractivity contribution in [3.63, 3.8) is 0 Å². The van der Waals surface area contributed by atoms with Crippen LogP contribution < -0.4 is 22.3 Å². The molecule has 4 aromatic rings. The van der Waals surface area contributed by atoms with Crippen molar-refractivity contribution in [2.24, 2.45) is 0 Å². The Morgan fingerprint density at radius 3 is 0.966 bits per heavy atom. The van der Waals surface area contributed by atoms with Crippen LogP contribution in [0.25, 0.3) is 0 Å². The topological polar surface area (TPSA) is 0 Å². The van der Waals surface area contributed by atoms with Gasteiger partial charge in [0.15, 0.2) is 0 Å². The third-order valence-electron chi connectivity index (χ3n) is 5.29. The Kier molecular flexibility index (Phi) is 7.81. The van der Waals surface area contributed by atoms with Crippen molar-refractivity contribution < 1.29 is 17.0 Å². The highest BCUT2D eigenvalue weighted by atomic mass is 79.9. The highest BCUT2D eigenvalue weighted by molar-refractivity contribution is 7.80. The van der Waals surface area contributed by atoms with Crippen molar-refractivity contribution in [3.8, 4) is 0 Å². The minimum absolute atomic E-state index is 0. The predicted octanol–water partition coefficient (Wildman–Crippen LogP) is 3.93. The zero-order valence-electron chi connectivity index (χ0n) is 16.5. The van der Waals surface area contributed by atoms with Gasteiger partial charge in [-0.15, -0.1) is 0 Å². The Morgan fingerprint density at radius 2 is 0.655 bits per heavy atom. The Hall–Kier alpha value is -2.21. The van der Waals surface area contributed by atoms with E-state index in [1.54, 1.807) is 0 Å². The summed E-state index contributed by atoms with van der Waals surface area (Å²) in [4.78, 5) is 0. The minimum Gasteiger partial charge on any atom is -1.00 e. The second-order valence-corrected chi connectivity index (χ2v) is 11.2. The van der Waals surface area contributed by atoms with Crippen molar-refractivity contribution in [2.45, 2.75) is 18.5 Å². The van der Waals surface area contributed by atoms with Crippen LogP contribution in [0, 0.1) is 0 Å². The van der Waals surface area contributed by atoms with Crippen LogP contribution in [0.4, 0.5) is 0 Å². The van der Waals surface area contributed by atoms with Crippen LogP contribution in [-0.4, -0.2) is 0 Å². The molecule has 0 saturated heterocycles. The number of halogens is 1. The van der Waals surface area contributed by atoms with E-state index in [2.05, 4.69) is 121 Å². The zero-order chi connectivity index (χ0) is 19.1. The first-order chi connectivity index (χ1) is 13.8. The van der Waals surface area contributed by atoms with Crippen molar-refractivity contribution in [3.05, 3.63) is 138 Å². The quantitative estimate of drug-likeness (QED) is 0.366. The first-order valence-electron chi connectivity index (χ1n) is 9.88. The molecule has 0 aliphatic rings. The molecule has 4 rings (SSSR count). The van der Waals surface area contributed by atoms with E-state index in [4.69, 9.17) is 0 Å². The predicted molar refractivity (Wildman–Crippen MR) is 123 cm³/mol. The van der Waals surface area contributed by atoms with Gasteiger partial charge in [-0.2, -0.15) is 0 Å². The lowest BCUT2D eigenvalue weighted by molar-refractivity contribution is -0.00000567. The van der Waals surface area contributed by atoms with Crippen molar-refractivity contribution in [1.29, 1.82) is 0 Å². The van der Waals surface area contributed by atoms with Crippen LogP contribution >= 0.6 is 7.26 Å². The van der Waals surface area contributed by atoms with E-state index in [0.29, 0.717) is 0 Å². The summed E-state index contributed by atoms with van der Waals surface area (Å²) in [6.07, 6.45) is 3.38. The Balaban J connectivity index is 0.00000240. The molecule has 0 aliphatic heterocycles. The molecule has 0 spiro atoms. The second kappa shape index (κ2) is 10.5. The highest BCUT2D eigenvalue weighted by Gasteiger charge is 2.40. The van der Waals surface area contributed by atoms with Crippen LogP contribution in [-0.2, 0) is 18.5 Å². The van der Waals surface area contributed by atoms with Gasteiger partial charge in [-0.1, -0.05) is 109 Å². The normalized spacial score (nSPS) is 10.9. The molecular weight excluding hydrogens is 435 g/mol. The van der Waals surface area contributed by atoms with Crippen molar-refractivity contribution in [2.75, 3.05) is 0 Å². The van der Waals surface area contributed by atoms with Gasteiger partial charge >= 0.3 is 0 Å². The molecule has 0 aromatic heterocycles. The molecule has 0 bridgehead atoms. The largest absolute Gasteiger partial charge is 1.00 e. The number of benzene rings is 4. The Bertz CT molecular complexity index is 869. The molecule has 0 atom stereocenters. The highest BCUT2D eigenvalue weighted by Crippen LogP contribution is 2.65. The number of hydrogen-bond acceptors (Lipinski definition) is 0. The zero-order valence-corrected chi connectivity index (χ0v) is 19.0. The minimum atomic E-state index is -1.51. The molecule has 0 fully saturated rings. The third-order valence-corrected chi connectivity index (χ3v) is 9.59. The van der Waals surface area contributed by atoms with E-state index < -0.39 is 7.26 Å². The molecule has 0 nitrogen and oxygen atoms in total. The lowest BCUT2D eigenvalue weighted by atomic mass is 10.2. The lowest BCUT2D eigenvalue weighted by Crippen LogP contribution is -3.00. The molecule has 0 unspecified atom stereocenters. The number of rotatable bonds is 7. The molecule has 146 valence electrons. The van der Waals surface area contributed by atoms with E-state index in [9.17, 15) is 0 Å². The molecule has 2 heteroatoms. The summed E-state index contributed by atoms with van der Waals surface area (Å²) in [6, 6.07) is 44.3. The van der Waals surface area contributed by atoms with Gasteiger partial charge in [0.1, 0.15) is 0 Å². The SMILES string of the molecule is [Br-].c1ccc(C[P+](Cc2ccccc2)(Cc2ccccc2)c2ccccc2)cc1. The van der Waals surface area contributed by atoms with Gasteiger partial charge in [0.2, 0.25) is 0 Å². The smallest absolute Gasteiger partial charge is 0.0950 e. The summed E-state index contributed by atoms with van der Waals surface area (Å²) >= 11 is 0. The first kappa shape index (κ1) is 21.5. The fraction of sp³-hybridized carbons (Fsp3) is 0.111. The van der Waals surface area contributed by atoms with Gasteiger partial charge in [-0.25, -0.2) is 0 Å². The second-order valence-electron chi connectivity index (χ2n) is 7.41. The van der Waals surface area contributed by atoms with Gasteiger partial charge in [-0.3, -0.25) is 0 Å². The maximum atomic E-state index is 2.35. The van der Waals surface area contributed by atoms with Crippen LogP contribution in [0.1, 0.15) is 16.7 Å². The van der Waals surface area contributed by atoms with E-state index in [-0.39, 0.29) is 17.0 Å². The average Bonchev–Trinajstić information content (AvgIpc) is 2.76. The summed E-state index contributed by atoms with van der Waals surface area (Å²) in [6.45, 7) is 0. The molecule has 0 aliphatic carbocycles. The van der Waals surface area contributed by atoms with Gasteiger partial charge in [0.05, 0.1) is 31.1 Å². The maximum absolute atomic E-state index is 2.35. The van der Waals surface area contributed by atoms with E-state index in [1.165, 1.54) is 22.0 Å². The van der Waals surface area contributed by atoms with Gasteiger partial charge in [0.25, 0.3) is 0 Å². The van der Waals surface area contributed by atoms with E-state index in [1.807, 2.05) is 0 Å². The van der Waals surface area contributed by atoms with Gasteiger partial charge in [-0.05, 0) is 28.8 Å². The molecule has 29 heavy (non-hydrogen) atoms. The van der Waals surface area contributed by atoms with Gasteiger partial charge < -0.3 is 17.0 Å². The van der Waals surface area contributed by atoms with E-state index in [0.717, 1.165) is 18.5 Å². The van der Waals surface area contributed by atoms with Crippen LogP contribution in [0.15, 0.2) is 121 Å². The maximum Gasteiger partial charge on any atom is 0.0950 e. The molecular formula is C27H26BrP. The fourth-order valence-electron chi connectivity index (χ4n) is 3.98. The molecule has 0 radical (unpaired) electrons. The fourth-order valence-corrected chi connectivity index (χ4v) is 8.40. The van der Waals surface area contributed by atoms with Crippen molar-refractivity contribution in [1.82, 2.24) is 0 Å². The van der Waals surface area contributed by atoms with Crippen molar-refractivity contribution >= 4 is 12.6 Å². The van der Waals surface area contributed by atoms with Crippen LogP contribution in [0.2, 0.25) is 0 Å². The molecule has 4 aromatic carbocycles. The summed E-state index contributed by atoms with van der Waals surface area (Å²) in [7, 11) is -1.51. The molecule has 0 N–H and O–H groups in total. The van der Waals surface area contributed by atoms with Crippen LogP contribution in [0.3, 0.4) is 0 Å². The molecule has 0 heterocycles. The number of hydrogen-bond donors (Lipinski definition) is 0. The lowest BCUT2D eigenvalue weighted by Gasteiger charge is -2.28. The Morgan fingerprint density at radius 1 is 0.379 bits per heavy atom. The third kappa shape index (κ3) is 5.66. The summed E-state index contributed by atoms with van der Waals surface area (Å²) in [5.74, 6) is 0. The molecule has 0 saturated carbocycles. The summed E-state index contributed by atoms with van der Waals surface area (Å²) in [5.41, 5.74) is 4.31. The average molecular weight is 461 g/mol. The summed E-state index contributed by atoms with van der Waals surface area (Å²) < 4.78 is 0. The van der Waals surface area contributed by atoms with Gasteiger partial charge in [0, 0.05) is 0 Å². The molecule has 0 amide bonds. The monoisotopic (exact) mass is 460 g/mol. The first-order valence-corrected chi connectivity index (χ1v) is 12.2. The Labute approximate surface area is 185 Å². The summed E-state index contributed by atoms with van der Waals surface area (Å²) in [5, 5.41) is 1.52. The standard InChI is InChI=1S/C27H26P.BrH/c1-5-13-24(14-6-1)21-28(27-19-11-4-12-20-27,22-25-15-7-2-8-16-25)23-26-17-9-3-10-18-26;/h1-20H,21-23H2;1H/q+1;/p-1. The van der Waals surface area contributed by atoms with Crippen LogP contribution in [0.5, 0.6) is 0 Å². The van der Waals surface area contributed by atoms with E-state index >= 15 is 0 Å².